The highest BCUT2D eigenvalue weighted by molar-refractivity contribution is 7.88. The van der Waals surface area contributed by atoms with Crippen molar-refractivity contribution in [3.63, 3.8) is 0 Å². The summed E-state index contributed by atoms with van der Waals surface area (Å²) in [6.45, 7) is 5.29. The first-order chi connectivity index (χ1) is 10.3. The fourth-order valence-corrected chi connectivity index (χ4v) is 2.56. The molecule has 0 spiro atoms. The molecular weight excluding hydrogens is 346 g/mol. The minimum Gasteiger partial charge on any atom is -0.399 e. The van der Waals surface area contributed by atoms with Gasteiger partial charge in [-0.25, -0.2) is 12.7 Å². The largest absolute Gasteiger partial charge is 0.399 e. The Hall–Kier alpha value is -1.40. The summed E-state index contributed by atoms with van der Waals surface area (Å²) < 4.78 is 55.8. The van der Waals surface area contributed by atoms with Crippen LogP contribution in [-0.4, -0.2) is 56.1 Å². The molecule has 1 rings (SSSR count). The molecule has 5 N–H and O–H groups in total. The first-order valence-electron chi connectivity index (χ1n) is 6.59. The zero-order valence-corrected chi connectivity index (χ0v) is 14.9. The molecule has 0 bridgehead atoms. The van der Waals surface area contributed by atoms with Crippen molar-refractivity contribution in [3.8, 4) is 0 Å². The van der Waals surface area contributed by atoms with Crippen LogP contribution in [-0.2, 0) is 20.4 Å². The number of nitrogens with one attached hydrogen (secondary N) is 1. The van der Waals surface area contributed by atoms with Crippen LogP contribution >= 0.6 is 0 Å². The molecule has 9 nitrogen and oxygen atoms in total. The highest BCUT2D eigenvalue weighted by Crippen LogP contribution is 2.16. The van der Waals surface area contributed by atoms with Crippen molar-refractivity contribution in [2.75, 3.05) is 36.9 Å². The summed E-state index contributed by atoms with van der Waals surface area (Å²) in [5.41, 5.74) is 8.45. The standard InChI is InChI=1S/C12H21N3O2S.H2O4S/c1-4-15(18(3,16)17)8-7-14-11-5-6-12(13)10(2)9-11;1-5(2,3)4/h5-6,9,14H,4,7-8,13H2,1-3H3;(H2,1,2,3,4). The maximum atomic E-state index is 11.4. The molecule has 0 radical (unpaired) electrons. The second kappa shape index (κ2) is 9.03. The van der Waals surface area contributed by atoms with Crippen molar-refractivity contribution in [2.24, 2.45) is 0 Å². The molecule has 0 unspecified atom stereocenters. The number of hydrogen-bond acceptors (Lipinski definition) is 6. The third kappa shape index (κ3) is 10.9. The molecule has 1 aromatic carbocycles. The van der Waals surface area contributed by atoms with Crippen LogP contribution in [0.2, 0.25) is 0 Å². The maximum absolute atomic E-state index is 11.4. The Balaban J connectivity index is 0.000000841. The minimum absolute atomic E-state index is 0.457. The lowest BCUT2D eigenvalue weighted by molar-refractivity contribution is 0.381. The van der Waals surface area contributed by atoms with Gasteiger partial charge < -0.3 is 11.1 Å². The summed E-state index contributed by atoms with van der Waals surface area (Å²) in [7, 11) is -7.78. The topological polar surface area (TPSA) is 150 Å². The molecule has 0 aliphatic heterocycles. The molecule has 0 amide bonds. The number of hydrogen-bond donors (Lipinski definition) is 4. The van der Waals surface area contributed by atoms with Crippen molar-refractivity contribution in [2.45, 2.75) is 13.8 Å². The van der Waals surface area contributed by atoms with E-state index in [-0.39, 0.29) is 0 Å². The Bertz CT molecular complexity index is 696. The minimum atomic E-state index is -4.67. The number of anilines is 2. The van der Waals surface area contributed by atoms with E-state index in [2.05, 4.69) is 5.32 Å². The van der Waals surface area contributed by atoms with Crippen LogP contribution in [0.1, 0.15) is 12.5 Å². The zero-order valence-electron chi connectivity index (χ0n) is 13.2. The number of nitrogens with zero attached hydrogens (tertiary/aromatic N) is 1. The Morgan fingerprint density at radius 3 is 2.13 bits per heavy atom. The van der Waals surface area contributed by atoms with Gasteiger partial charge >= 0.3 is 10.4 Å². The molecule has 1 aromatic rings. The molecule has 0 aromatic heterocycles. The quantitative estimate of drug-likeness (QED) is 0.421. The Kier molecular flexibility index (Phi) is 8.48. The van der Waals surface area contributed by atoms with E-state index in [1.807, 2.05) is 32.0 Å². The Morgan fingerprint density at radius 2 is 1.74 bits per heavy atom. The Labute approximate surface area is 137 Å². The molecule has 11 heteroatoms. The fourth-order valence-electron chi connectivity index (χ4n) is 1.67. The summed E-state index contributed by atoms with van der Waals surface area (Å²) in [5.74, 6) is 0. The lowest BCUT2D eigenvalue weighted by Crippen LogP contribution is -2.33. The normalized spacial score (nSPS) is 11.7. The van der Waals surface area contributed by atoms with Gasteiger partial charge in [-0.15, -0.1) is 0 Å². The number of nitrogen functional groups attached to an aromatic ring is 1. The second-order valence-electron chi connectivity index (χ2n) is 4.70. The van der Waals surface area contributed by atoms with E-state index < -0.39 is 20.4 Å². The van der Waals surface area contributed by atoms with Crippen LogP contribution in [0.5, 0.6) is 0 Å². The van der Waals surface area contributed by atoms with Gasteiger partial charge in [0.2, 0.25) is 10.0 Å². The predicted octanol–water partition coefficient (Wildman–Crippen LogP) is 0.618. The van der Waals surface area contributed by atoms with Gasteiger partial charge in [-0.3, -0.25) is 9.11 Å². The number of aryl methyl sites for hydroxylation is 1. The van der Waals surface area contributed by atoms with Crippen LogP contribution in [0, 0.1) is 6.92 Å². The first-order valence-corrected chi connectivity index (χ1v) is 9.84. The molecule has 0 heterocycles. The maximum Gasteiger partial charge on any atom is 0.394 e. The molecule has 0 atom stereocenters. The van der Waals surface area contributed by atoms with Gasteiger partial charge in [0.25, 0.3) is 0 Å². The predicted molar refractivity (Wildman–Crippen MR) is 90.3 cm³/mol. The van der Waals surface area contributed by atoms with E-state index in [1.54, 1.807) is 0 Å². The SMILES string of the molecule is CCN(CCNc1ccc(N)c(C)c1)S(C)(=O)=O.O=S(=O)(O)O. The van der Waals surface area contributed by atoms with Gasteiger partial charge in [0.15, 0.2) is 0 Å². The highest BCUT2D eigenvalue weighted by atomic mass is 32.3. The van der Waals surface area contributed by atoms with E-state index in [9.17, 15) is 8.42 Å². The van der Waals surface area contributed by atoms with Crippen LogP contribution in [0.3, 0.4) is 0 Å². The van der Waals surface area contributed by atoms with E-state index >= 15 is 0 Å². The first kappa shape index (κ1) is 21.6. The van der Waals surface area contributed by atoms with Crippen LogP contribution in [0.25, 0.3) is 0 Å². The van der Waals surface area contributed by atoms with E-state index in [4.69, 9.17) is 23.3 Å². The molecular formula is C12H23N3O6S2. The van der Waals surface area contributed by atoms with Crippen LogP contribution < -0.4 is 11.1 Å². The number of benzene rings is 1. The van der Waals surface area contributed by atoms with Crippen LogP contribution in [0.4, 0.5) is 11.4 Å². The van der Waals surface area contributed by atoms with Crippen LogP contribution in [0.15, 0.2) is 18.2 Å². The summed E-state index contributed by atoms with van der Waals surface area (Å²) >= 11 is 0. The smallest absolute Gasteiger partial charge is 0.394 e. The monoisotopic (exact) mass is 369 g/mol. The zero-order chi connectivity index (χ0) is 18.3. The number of nitrogens with two attached hydrogens (primary N) is 1. The summed E-state index contributed by atoms with van der Waals surface area (Å²) in [6, 6.07) is 5.68. The average Bonchev–Trinajstić information content (AvgIpc) is 2.35. The van der Waals surface area contributed by atoms with Gasteiger partial charge in [-0.05, 0) is 30.7 Å². The van der Waals surface area contributed by atoms with Gasteiger partial charge in [0.1, 0.15) is 0 Å². The van der Waals surface area contributed by atoms with Gasteiger partial charge in [0.05, 0.1) is 6.26 Å². The number of sulfonamides is 1. The lowest BCUT2D eigenvalue weighted by atomic mass is 10.2. The molecule has 0 saturated heterocycles. The van der Waals surface area contributed by atoms with Crippen molar-refractivity contribution in [1.82, 2.24) is 4.31 Å². The third-order valence-corrected chi connectivity index (χ3v) is 4.16. The molecule has 0 aliphatic carbocycles. The average molecular weight is 369 g/mol. The van der Waals surface area contributed by atoms with E-state index in [0.717, 1.165) is 16.9 Å². The summed E-state index contributed by atoms with van der Waals surface area (Å²) in [4.78, 5) is 0. The molecule has 0 saturated carbocycles. The number of likely N-dealkylation sites (N-methyl/N-ethyl adjacent to an activating group) is 1. The molecule has 0 fully saturated rings. The van der Waals surface area contributed by atoms with Gasteiger partial charge in [-0.1, -0.05) is 6.92 Å². The Morgan fingerprint density at radius 1 is 1.22 bits per heavy atom. The van der Waals surface area contributed by atoms with Crippen molar-refractivity contribution < 1.29 is 25.9 Å². The van der Waals surface area contributed by atoms with Gasteiger partial charge in [0, 0.05) is 31.0 Å². The van der Waals surface area contributed by atoms with E-state index in [0.29, 0.717) is 19.6 Å². The summed E-state index contributed by atoms with van der Waals surface area (Å²) in [5, 5.41) is 3.19. The molecule has 0 aliphatic rings. The molecule has 134 valence electrons. The second-order valence-corrected chi connectivity index (χ2v) is 7.58. The van der Waals surface area contributed by atoms with E-state index in [1.165, 1.54) is 10.6 Å². The van der Waals surface area contributed by atoms with Crippen molar-refractivity contribution >= 4 is 31.8 Å². The van der Waals surface area contributed by atoms with Crippen molar-refractivity contribution in [3.05, 3.63) is 23.8 Å². The highest BCUT2D eigenvalue weighted by Gasteiger charge is 2.13. The lowest BCUT2D eigenvalue weighted by Gasteiger charge is -2.18. The third-order valence-electron chi connectivity index (χ3n) is 2.78. The summed E-state index contributed by atoms with van der Waals surface area (Å²) in [6.07, 6.45) is 1.23. The number of rotatable bonds is 6. The van der Waals surface area contributed by atoms with Gasteiger partial charge in [-0.2, -0.15) is 8.42 Å². The van der Waals surface area contributed by atoms with Crippen molar-refractivity contribution in [1.29, 1.82) is 0 Å². The fraction of sp³-hybridized carbons (Fsp3) is 0.500. The molecule has 23 heavy (non-hydrogen) atoms.